The molecule has 0 saturated carbocycles. The molecule has 0 heterocycles. The lowest BCUT2D eigenvalue weighted by Gasteiger charge is -2.15. The summed E-state index contributed by atoms with van der Waals surface area (Å²) in [5, 5.41) is 3.67. The second kappa shape index (κ2) is 10.4. The van der Waals surface area contributed by atoms with E-state index in [1.165, 1.54) is 5.56 Å². The van der Waals surface area contributed by atoms with Gasteiger partial charge in [0.2, 0.25) is 5.91 Å². The fourth-order valence-electron chi connectivity index (χ4n) is 2.45. The summed E-state index contributed by atoms with van der Waals surface area (Å²) in [6.45, 7) is 2.71. The molecule has 1 atom stereocenters. The highest BCUT2D eigenvalue weighted by molar-refractivity contribution is 8.00. The molecule has 5 heteroatoms. The van der Waals surface area contributed by atoms with Gasteiger partial charge >= 0.3 is 0 Å². The smallest absolute Gasteiger partial charge is 0.233 e. The number of ether oxygens (including phenoxy) is 1. The van der Waals surface area contributed by atoms with Crippen LogP contribution in [0.5, 0.6) is 5.75 Å². The Bertz CT molecular complexity index is 676. The van der Waals surface area contributed by atoms with Crippen LogP contribution in [0.4, 0.5) is 0 Å². The van der Waals surface area contributed by atoms with Gasteiger partial charge in [-0.3, -0.25) is 4.79 Å². The second-order valence-electron chi connectivity index (χ2n) is 5.71. The van der Waals surface area contributed by atoms with Crippen molar-refractivity contribution in [1.82, 2.24) is 5.32 Å². The van der Waals surface area contributed by atoms with Crippen molar-refractivity contribution in [2.45, 2.75) is 36.3 Å². The van der Waals surface area contributed by atoms with Crippen molar-refractivity contribution < 1.29 is 9.53 Å². The fraction of sp³-hybridized carbons (Fsp3) is 0.350. The van der Waals surface area contributed by atoms with Crippen LogP contribution in [0.2, 0.25) is 5.02 Å². The van der Waals surface area contributed by atoms with Crippen LogP contribution in [-0.2, 0) is 11.2 Å². The fourth-order valence-corrected chi connectivity index (χ4v) is 3.55. The van der Waals surface area contributed by atoms with Crippen LogP contribution < -0.4 is 10.1 Å². The van der Waals surface area contributed by atoms with Crippen LogP contribution in [0.1, 0.15) is 25.3 Å². The third-order valence-electron chi connectivity index (χ3n) is 3.83. The Morgan fingerprint density at radius 2 is 2.00 bits per heavy atom. The van der Waals surface area contributed by atoms with Crippen LogP contribution in [0, 0.1) is 0 Å². The normalized spacial score (nSPS) is 11.8. The highest BCUT2D eigenvalue weighted by Gasteiger charge is 2.17. The number of thioether (sulfide) groups is 1. The van der Waals surface area contributed by atoms with Crippen LogP contribution >= 0.6 is 23.4 Å². The number of hydrogen-bond donors (Lipinski definition) is 1. The summed E-state index contributed by atoms with van der Waals surface area (Å²) in [5.74, 6) is 0.958. The zero-order valence-corrected chi connectivity index (χ0v) is 16.2. The molecule has 0 spiro atoms. The first-order valence-electron chi connectivity index (χ1n) is 8.45. The lowest BCUT2D eigenvalue weighted by Crippen LogP contribution is -2.33. The van der Waals surface area contributed by atoms with Crippen LogP contribution in [0.15, 0.2) is 53.4 Å². The summed E-state index contributed by atoms with van der Waals surface area (Å²) in [6.07, 6.45) is 2.61. The van der Waals surface area contributed by atoms with Gasteiger partial charge in [-0.1, -0.05) is 30.7 Å². The summed E-state index contributed by atoms with van der Waals surface area (Å²) in [4.78, 5) is 13.4. The molecule has 1 N–H and O–H groups in total. The summed E-state index contributed by atoms with van der Waals surface area (Å²) in [7, 11) is 1.67. The highest BCUT2D eigenvalue weighted by Crippen LogP contribution is 2.26. The van der Waals surface area contributed by atoms with Gasteiger partial charge < -0.3 is 10.1 Å². The molecule has 1 unspecified atom stereocenters. The largest absolute Gasteiger partial charge is 0.497 e. The van der Waals surface area contributed by atoms with Gasteiger partial charge in [-0.15, -0.1) is 11.8 Å². The Labute approximate surface area is 159 Å². The summed E-state index contributed by atoms with van der Waals surface area (Å²) >= 11 is 7.48. The Hall–Kier alpha value is -1.65. The molecule has 0 aliphatic rings. The molecule has 0 radical (unpaired) electrons. The van der Waals surface area contributed by atoms with Gasteiger partial charge in [-0.2, -0.15) is 0 Å². The number of benzene rings is 2. The molecule has 0 fully saturated rings. The molecule has 2 aromatic carbocycles. The first kappa shape index (κ1) is 19.7. The lowest BCUT2D eigenvalue weighted by molar-refractivity contribution is -0.120. The first-order valence-corrected chi connectivity index (χ1v) is 9.71. The second-order valence-corrected chi connectivity index (χ2v) is 7.43. The number of carbonyl (C=O) groups excluding carboxylic acids is 1. The van der Waals surface area contributed by atoms with Crippen molar-refractivity contribution in [3.63, 3.8) is 0 Å². The van der Waals surface area contributed by atoms with Gasteiger partial charge in [0.15, 0.2) is 0 Å². The third kappa shape index (κ3) is 6.63. The number of hydrogen-bond acceptors (Lipinski definition) is 3. The highest BCUT2D eigenvalue weighted by atomic mass is 35.5. The third-order valence-corrected chi connectivity index (χ3v) is 5.46. The summed E-state index contributed by atoms with van der Waals surface area (Å²) in [6, 6.07) is 15.6. The van der Waals surface area contributed by atoms with E-state index in [0.717, 1.165) is 29.9 Å². The van der Waals surface area contributed by atoms with E-state index in [1.807, 2.05) is 49.4 Å². The summed E-state index contributed by atoms with van der Waals surface area (Å²) < 4.78 is 5.23. The molecule has 0 aliphatic carbocycles. The van der Waals surface area contributed by atoms with Gasteiger partial charge in [0, 0.05) is 16.5 Å². The molecule has 1 amide bonds. The van der Waals surface area contributed by atoms with Crippen molar-refractivity contribution >= 4 is 29.3 Å². The Kier molecular flexibility index (Phi) is 8.16. The molecule has 0 saturated heterocycles. The topological polar surface area (TPSA) is 38.3 Å². The van der Waals surface area contributed by atoms with Gasteiger partial charge in [0.1, 0.15) is 5.75 Å². The van der Waals surface area contributed by atoms with Crippen molar-refractivity contribution in [1.29, 1.82) is 0 Å². The van der Waals surface area contributed by atoms with E-state index in [0.29, 0.717) is 11.6 Å². The Morgan fingerprint density at radius 3 is 2.68 bits per heavy atom. The average Bonchev–Trinajstić information content (AvgIpc) is 2.64. The maximum Gasteiger partial charge on any atom is 0.233 e. The minimum atomic E-state index is -0.0852. The average molecular weight is 378 g/mol. The number of methoxy groups -OCH3 is 1. The molecule has 3 nitrogen and oxygen atoms in total. The maximum absolute atomic E-state index is 12.4. The minimum absolute atomic E-state index is 0.0852. The molecular weight excluding hydrogens is 354 g/mol. The van der Waals surface area contributed by atoms with E-state index in [4.69, 9.17) is 16.3 Å². The number of aryl methyl sites for hydroxylation is 1. The van der Waals surface area contributed by atoms with E-state index in [2.05, 4.69) is 11.4 Å². The SMILES string of the molecule is CCC(Sc1ccc(Cl)cc1)C(=O)NCCCc1cccc(OC)c1. The van der Waals surface area contributed by atoms with Gasteiger partial charge in [-0.05, 0) is 61.2 Å². The monoisotopic (exact) mass is 377 g/mol. The molecule has 134 valence electrons. The van der Waals surface area contributed by atoms with E-state index in [-0.39, 0.29) is 11.2 Å². The standard InChI is InChI=1S/C20H24ClNO2S/c1-3-19(25-18-11-9-16(21)10-12-18)20(23)22-13-5-7-15-6-4-8-17(14-15)24-2/h4,6,8-12,14,19H,3,5,7,13H2,1-2H3,(H,22,23). The molecule has 0 aromatic heterocycles. The molecular formula is C20H24ClNO2S. The number of nitrogens with one attached hydrogen (secondary N) is 1. The summed E-state index contributed by atoms with van der Waals surface area (Å²) in [5.41, 5.74) is 1.22. The van der Waals surface area contributed by atoms with Crippen molar-refractivity contribution in [2.24, 2.45) is 0 Å². The van der Waals surface area contributed by atoms with E-state index < -0.39 is 0 Å². The Morgan fingerprint density at radius 1 is 1.24 bits per heavy atom. The zero-order chi connectivity index (χ0) is 18.1. The number of amides is 1. The maximum atomic E-state index is 12.4. The van der Waals surface area contributed by atoms with E-state index in [1.54, 1.807) is 18.9 Å². The first-order chi connectivity index (χ1) is 12.1. The Balaban J connectivity index is 1.76. The van der Waals surface area contributed by atoms with Crippen LogP contribution in [0.25, 0.3) is 0 Å². The minimum Gasteiger partial charge on any atom is -0.497 e. The van der Waals surface area contributed by atoms with Crippen molar-refractivity contribution in [3.05, 3.63) is 59.1 Å². The predicted octanol–water partition coefficient (Wildman–Crippen LogP) is 4.97. The van der Waals surface area contributed by atoms with Gasteiger partial charge in [0.25, 0.3) is 0 Å². The van der Waals surface area contributed by atoms with E-state index in [9.17, 15) is 4.79 Å². The van der Waals surface area contributed by atoms with Crippen LogP contribution in [-0.4, -0.2) is 24.8 Å². The number of rotatable bonds is 9. The van der Waals surface area contributed by atoms with E-state index >= 15 is 0 Å². The molecule has 0 aliphatic heterocycles. The van der Waals surface area contributed by atoms with Gasteiger partial charge in [-0.25, -0.2) is 0 Å². The predicted molar refractivity (Wildman–Crippen MR) is 106 cm³/mol. The van der Waals surface area contributed by atoms with Crippen molar-refractivity contribution in [3.8, 4) is 5.75 Å². The number of halogens is 1. The molecule has 2 rings (SSSR count). The van der Waals surface area contributed by atoms with Gasteiger partial charge in [0.05, 0.1) is 12.4 Å². The quantitative estimate of drug-likeness (QED) is 0.495. The molecule has 25 heavy (non-hydrogen) atoms. The number of carbonyl (C=O) groups is 1. The van der Waals surface area contributed by atoms with Crippen LogP contribution in [0.3, 0.4) is 0 Å². The zero-order valence-electron chi connectivity index (χ0n) is 14.6. The molecule has 2 aromatic rings. The van der Waals surface area contributed by atoms with Crippen molar-refractivity contribution in [2.75, 3.05) is 13.7 Å². The lowest BCUT2D eigenvalue weighted by atomic mass is 10.1. The molecule has 0 bridgehead atoms.